The van der Waals surface area contributed by atoms with E-state index < -0.39 is 15.9 Å². The molecule has 0 atom stereocenters. The summed E-state index contributed by atoms with van der Waals surface area (Å²) in [5.74, 6) is -0.736. The molecule has 1 aliphatic rings. The van der Waals surface area contributed by atoms with Gasteiger partial charge in [0.25, 0.3) is 15.9 Å². The van der Waals surface area contributed by atoms with Crippen molar-refractivity contribution in [2.75, 3.05) is 7.11 Å². The van der Waals surface area contributed by atoms with E-state index in [4.69, 9.17) is 4.74 Å². The highest BCUT2D eigenvalue weighted by Crippen LogP contribution is 2.29. The van der Waals surface area contributed by atoms with Crippen LogP contribution in [0.2, 0.25) is 0 Å². The van der Waals surface area contributed by atoms with Crippen LogP contribution in [0, 0.1) is 0 Å². The number of aromatic nitrogens is 4. The summed E-state index contributed by atoms with van der Waals surface area (Å²) in [6, 6.07) is 0.225. The molecule has 1 N–H and O–H groups in total. The van der Waals surface area contributed by atoms with Gasteiger partial charge < -0.3 is 4.74 Å². The quantitative estimate of drug-likeness (QED) is 0.854. The number of nitrogens with zero attached hydrogens (tertiary/aromatic N) is 4. The van der Waals surface area contributed by atoms with Gasteiger partial charge >= 0.3 is 0 Å². The van der Waals surface area contributed by atoms with Gasteiger partial charge in [0.2, 0.25) is 5.88 Å². The van der Waals surface area contributed by atoms with Crippen LogP contribution in [0.5, 0.6) is 5.88 Å². The van der Waals surface area contributed by atoms with E-state index in [-0.39, 0.29) is 22.4 Å². The highest BCUT2D eigenvalue weighted by Gasteiger charge is 2.26. The molecule has 1 amide bonds. The number of carbonyl (C=O) groups excluding carboxylic acids is 1. The number of methoxy groups -OCH3 is 1. The highest BCUT2D eigenvalue weighted by molar-refractivity contribution is 7.90. The first-order valence-electron chi connectivity index (χ1n) is 7.59. The fraction of sp³-hybridized carbons (Fsp3) is 0.500. The number of sulfonamides is 1. The number of rotatable bonds is 5. The summed E-state index contributed by atoms with van der Waals surface area (Å²) in [4.78, 5) is 12.2. The van der Waals surface area contributed by atoms with Crippen LogP contribution >= 0.6 is 0 Å². The van der Waals surface area contributed by atoms with Gasteiger partial charge in [-0.2, -0.15) is 5.10 Å². The summed E-state index contributed by atoms with van der Waals surface area (Å²) in [6.45, 7) is 0. The van der Waals surface area contributed by atoms with E-state index in [0.29, 0.717) is 0 Å². The van der Waals surface area contributed by atoms with Gasteiger partial charge in [-0.3, -0.25) is 14.2 Å². The van der Waals surface area contributed by atoms with E-state index in [0.717, 1.165) is 25.7 Å². The Balaban J connectivity index is 1.79. The largest absolute Gasteiger partial charge is 0.479 e. The van der Waals surface area contributed by atoms with E-state index in [1.54, 1.807) is 11.7 Å². The molecule has 0 spiro atoms. The molecule has 1 fully saturated rings. The third-order valence-corrected chi connectivity index (χ3v) is 5.33. The molecule has 0 aliphatic heterocycles. The first-order chi connectivity index (χ1) is 11.4. The third kappa shape index (κ3) is 3.14. The minimum absolute atomic E-state index is 0.0365. The molecule has 1 aliphatic carbocycles. The Morgan fingerprint density at radius 2 is 2.04 bits per heavy atom. The van der Waals surface area contributed by atoms with Crippen molar-refractivity contribution in [2.45, 2.75) is 36.6 Å². The van der Waals surface area contributed by atoms with Crippen molar-refractivity contribution < 1.29 is 17.9 Å². The lowest BCUT2D eigenvalue weighted by molar-refractivity contribution is 0.0978. The second-order valence-corrected chi connectivity index (χ2v) is 7.44. The van der Waals surface area contributed by atoms with Crippen LogP contribution in [0.15, 0.2) is 23.5 Å². The molecule has 24 heavy (non-hydrogen) atoms. The second-order valence-electron chi connectivity index (χ2n) is 5.75. The Kier molecular flexibility index (Phi) is 4.31. The summed E-state index contributed by atoms with van der Waals surface area (Å²) in [7, 11) is -1.04. The lowest BCUT2D eigenvalue weighted by Crippen LogP contribution is -2.30. The van der Waals surface area contributed by atoms with Crippen LogP contribution in [-0.4, -0.2) is 41.0 Å². The first-order valence-corrected chi connectivity index (χ1v) is 9.08. The van der Waals surface area contributed by atoms with Gasteiger partial charge in [-0.1, -0.05) is 12.8 Å². The maximum absolute atomic E-state index is 12.4. The normalized spacial score (nSPS) is 15.6. The summed E-state index contributed by atoms with van der Waals surface area (Å²) in [6.07, 6.45) is 8.32. The zero-order chi connectivity index (χ0) is 17.3. The summed E-state index contributed by atoms with van der Waals surface area (Å²) >= 11 is 0. The van der Waals surface area contributed by atoms with Crippen molar-refractivity contribution in [2.24, 2.45) is 7.05 Å². The predicted molar refractivity (Wildman–Crippen MR) is 84.1 cm³/mol. The minimum Gasteiger partial charge on any atom is -0.479 e. The number of ether oxygens (including phenoxy) is 1. The number of hydrogen-bond acceptors (Lipinski definition) is 6. The Morgan fingerprint density at radius 3 is 2.71 bits per heavy atom. The van der Waals surface area contributed by atoms with E-state index in [1.165, 1.54) is 30.4 Å². The molecular weight excluding hydrogens is 334 g/mol. The van der Waals surface area contributed by atoms with E-state index in [2.05, 4.69) is 10.2 Å². The van der Waals surface area contributed by atoms with Crippen LogP contribution < -0.4 is 9.46 Å². The third-order valence-electron chi connectivity index (χ3n) is 4.05. The van der Waals surface area contributed by atoms with Gasteiger partial charge in [0.1, 0.15) is 10.5 Å². The van der Waals surface area contributed by atoms with Crippen LogP contribution in [0.3, 0.4) is 0 Å². The number of amides is 1. The van der Waals surface area contributed by atoms with Gasteiger partial charge in [-0.25, -0.2) is 13.1 Å². The van der Waals surface area contributed by atoms with Crippen LogP contribution in [-0.2, 0) is 17.1 Å². The zero-order valence-corrected chi connectivity index (χ0v) is 14.3. The second kappa shape index (κ2) is 6.27. The highest BCUT2D eigenvalue weighted by atomic mass is 32.2. The maximum atomic E-state index is 12.4. The summed E-state index contributed by atoms with van der Waals surface area (Å²) in [5, 5.41) is 8.06. The molecule has 2 aromatic heterocycles. The van der Waals surface area contributed by atoms with Gasteiger partial charge in [-0.15, -0.1) is 5.10 Å². The number of aryl methyl sites for hydroxylation is 1. The molecule has 0 bridgehead atoms. The standard InChI is InChI=1S/C14H19N5O4S/c1-18-9-12(14(16-18)23-2)13(20)17-24(21,22)11-7-15-19(8-11)10-5-3-4-6-10/h7-10H,3-6H2,1-2H3,(H,17,20). The monoisotopic (exact) mass is 353 g/mol. The summed E-state index contributed by atoms with van der Waals surface area (Å²) in [5.41, 5.74) is 0.0479. The maximum Gasteiger partial charge on any atom is 0.272 e. The molecular formula is C14H19N5O4S. The predicted octanol–water partition coefficient (Wildman–Crippen LogP) is 0.859. The van der Waals surface area contributed by atoms with Crippen molar-refractivity contribution in [3.63, 3.8) is 0 Å². The van der Waals surface area contributed by atoms with E-state index >= 15 is 0 Å². The van der Waals surface area contributed by atoms with Crippen molar-refractivity contribution >= 4 is 15.9 Å². The lowest BCUT2D eigenvalue weighted by atomic mass is 10.3. The van der Waals surface area contributed by atoms with E-state index in [9.17, 15) is 13.2 Å². The Bertz CT molecular complexity index is 848. The molecule has 0 saturated heterocycles. The average Bonchev–Trinajstić information content (AvgIpc) is 3.26. The first kappa shape index (κ1) is 16.5. The average molecular weight is 353 g/mol. The fourth-order valence-corrected chi connectivity index (χ4v) is 3.74. The number of nitrogens with one attached hydrogen (secondary N) is 1. The molecule has 2 heterocycles. The van der Waals surface area contributed by atoms with Crippen LogP contribution in [0.25, 0.3) is 0 Å². The SMILES string of the molecule is COc1nn(C)cc1C(=O)NS(=O)(=O)c1cnn(C2CCCC2)c1. The van der Waals surface area contributed by atoms with E-state index in [1.807, 2.05) is 4.72 Å². The Labute approximate surface area is 139 Å². The smallest absolute Gasteiger partial charge is 0.272 e. The van der Waals surface area contributed by atoms with Crippen LogP contribution in [0.1, 0.15) is 42.1 Å². The zero-order valence-electron chi connectivity index (χ0n) is 13.5. The molecule has 0 radical (unpaired) electrons. The molecule has 0 unspecified atom stereocenters. The molecule has 130 valence electrons. The van der Waals surface area contributed by atoms with Crippen molar-refractivity contribution in [3.05, 3.63) is 24.2 Å². The van der Waals surface area contributed by atoms with Crippen molar-refractivity contribution in [1.82, 2.24) is 24.3 Å². The summed E-state index contributed by atoms with van der Waals surface area (Å²) < 4.78 is 34.8. The van der Waals surface area contributed by atoms with Crippen molar-refractivity contribution in [3.8, 4) is 5.88 Å². The van der Waals surface area contributed by atoms with Crippen LogP contribution in [0.4, 0.5) is 0 Å². The minimum atomic E-state index is -4.01. The molecule has 1 saturated carbocycles. The lowest BCUT2D eigenvalue weighted by Gasteiger charge is -2.08. The molecule has 9 nitrogen and oxygen atoms in total. The van der Waals surface area contributed by atoms with Gasteiger partial charge in [0, 0.05) is 19.4 Å². The van der Waals surface area contributed by atoms with Gasteiger partial charge in [0.15, 0.2) is 0 Å². The molecule has 0 aromatic carbocycles. The molecule has 3 rings (SSSR count). The fourth-order valence-electron chi connectivity index (χ4n) is 2.84. The molecule has 2 aromatic rings. The topological polar surface area (TPSA) is 108 Å². The Hall–Kier alpha value is -2.36. The van der Waals surface area contributed by atoms with Crippen molar-refractivity contribution in [1.29, 1.82) is 0 Å². The number of hydrogen-bond donors (Lipinski definition) is 1. The number of carbonyl (C=O) groups is 1. The van der Waals surface area contributed by atoms with Gasteiger partial charge in [0.05, 0.1) is 19.3 Å². The molecule has 10 heteroatoms. The van der Waals surface area contributed by atoms with Gasteiger partial charge in [-0.05, 0) is 12.8 Å². The Morgan fingerprint density at radius 1 is 1.33 bits per heavy atom.